The Hall–Kier alpha value is -1.00. The van der Waals surface area contributed by atoms with Crippen LogP contribution >= 0.6 is 24.0 Å². The maximum Gasteiger partial charge on any atom is 0.435 e. The summed E-state index contributed by atoms with van der Waals surface area (Å²) in [5.74, 6) is 0.156. The van der Waals surface area contributed by atoms with Gasteiger partial charge in [-0.25, -0.2) is 4.99 Å². The highest BCUT2D eigenvalue weighted by molar-refractivity contribution is 14.0. The number of unbranched alkanes of at least 4 members (excludes halogenated alkanes) is 3. The molecule has 1 rings (SSSR count). The molecule has 0 radical (unpaired) electrons. The second-order valence-electron chi connectivity index (χ2n) is 4.86. The molecule has 0 unspecified atom stereocenters. The highest BCUT2D eigenvalue weighted by Gasteiger charge is 2.36. The van der Waals surface area contributed by atoms with E-state index in [1.54, 1.807) is 0 Å². The van der Waals surface area contributed by atoms with Crippen LogP contribution in [0.1, 0.15) is 43.9 Å². The van der Waals surface area contributed by atoms with Crippen molar-refractivity contribution in [3.05, 3.63) is 17.5 Å². The van der Waals surface area contributed by atoms with E-state index in [2.05, 4.69) is 22.3 Å². The number of rotatable bonds is 7. The first-order valence-corrected chi connectivity index (χ1v) is 6.98. The van der Waals surface area contributed by atoms with Crippen LogP contribution < -0.4 is 11.1 Å². The normalized spacial score (nSPS) is 12.1. The van der Waals surface area contributed by atoms with Crippen molar-refractivity contribution in [2.24, 2.45) is 17.8 Å². The van der Waals surface area contributed by atoms with Crippen LogP contribution in [0.5, 0.6) is 0 Å². The summed E-state index contributed by atoms with van der Waals surface area (Å²) in [6, 6.07) is 0. The molecule has 0 fully saturated rings. The minimum Gasteiger partial charge on any atom is -0.370 e. The van der Waals surface area contributed by atoms with E-state index in [9.17, 15) is 13.2 Å². The third kappa shape index (κ3) is 7.32. The minimum atomic E-state index is -4.48. The van der Waals surface area contributed by atoms with Crippen LogP contribution in [0, 0.1) is 0 Å². The molecule has 0 aliphatic rings. The second kappa shape index (κ2) is 9.90. The number of aromatic nitrogens is 2. The number of aryl methyl sites for hydroxylation is 1. The van der Waals surface area contributed by atoms with Crippen LogP contribution in [0.2, 0.25) is 0 Å². The number of guanidine groups is 1. The molecule has 0 aliphatic heterocycles. The average molecular weight is 433 g/mol. The largest absolute Gasteiger partial charge is 0.435 e. The molecule has 0 bridgehead atoms. The monoisotopic (exact) mass is 433 g/mol. The summed E-state index contributed by atoms with van der Waals surface area (Å²) in [6.45, 7) is 2.65. The third-order valence-corrected chi connectivity index (χ3v) is 2.93. The zero-order valence-corrected chi connectivity index (χ0v) is 15.1. The molecule has 9 heteroatoms. The summed E-state index contributed by atoms with van der Waals surface area (Å²) >= 11 is 0. The Balaban J connectivity index is 0.00000441. The smallest absolute Gasteiger partial charge is 0.370 e. The molecular weight excluding hydrogens is 410 g/mol. The van der Waals surface area contributed by atoms with Crippen molar-refractivity contribution in [1.82, 2.24) is 15.1 Å². The number of nitrogens with one attached hydrogen (secondary N) is 1. The highest BCUT2D eigenvalue weighted by atomic mass is 127. The van der Waals surface area contributed by atoms with Gasteiger partial charge in [0.15, 0.2) is 11.7 Å². The Morgan fingerprint density at radius 3 is 2.64 bits per heavy atom. The first-order valence-electron chi connectivity index (χ1n) is 6.98. The Morgan fingerprint density at radius 2 is 2.05 bits per heavy atom. The van der Waals surface area contributed by atoms with Crippen molar-refractivity contribution in [1.29, 1.82) is 0 Å². The molecule has 0 spiro atoms. The van der Waals surface area contributed by atoms with Gasteiger partial charge in [0.2, 0.25) is 0 Å². The van der Waals surface area contributed by atoms with Gasteiger partial charge in [0.05, 0.1) is 6.54 Å². The fourth-order valence-electron chi connectivity index (χ4n) is 1.89. The van der Waals surface area contributed by atoms with E-state index in [1.165, 1.54) is 13.2 Å². The molecule has 0 aromatic carbocycles. The maximum atomic E-state index is 12.7. The van der Waals surface area contributed by atoms with Crippen LogP contribution in [0.15, 0.2) is 11.2 Å². The second-order valence-corrected chi connectivity index (χ2v) is 4.86. The topological polar surface area (TPSA) is 68.2 Å². The van der Waals surface area contributed by atoms with Gasteiger partial charge in [-0.1, -0.05) is 26.2 Å². The Morgan fingerprint density at radius 1 is 1.36 bits per heavy atom. The van der Waals surface area contributed by atoms with Crippen LogP contribution in [-0.2, 0) is 19.8 Å². The molecule has 0 atom stereocenters. The number of nitrogens with two attached hydrogens (primary N) is 1. The Kier molecular flexibility index (Phi) is 9.45. The quantitative estimate of drug-likeness (QED) is 0.301. The SMILES string of the molecule is CCCCCCNC(N)=NCc1cn(C)nc1C(F)(F)F.I. The average Bonchev–Trinajstić information content (AvgIpc) is 2.77. The van der Waals surface area contributed by atoms with Crippen molar-refractivity contribution >= 4 is 29.9 Å². The van der Waals surface area contributed by atoms with Crippen molar-refractivity contribution in [2.45, 2.75) is 45.3 Å². The van der Waals surface area contributed by atoms with Crippen molar-refractivity contribution in [3.8, 4) is 0 Å². The Bertz CT molecular complexity index is 471. The van der Waals surface area contributed by atoms with Crippen molar-refractivity contribution < 1.29 is 13.2 Å². The lowest BCUT2D eigenvalue weighted by atomic mass is 10.2. The van der Waals surface area contributed by atoms with Gasteiger partial charge in [-0.2, -0.15) is 18.3 Å². The summed E-state index contributed by atoms with van der Waals surface area (Å²) in [6.07, 6.45) is 1.19. The maximum absolute atomic E-state index is 12.7. The fourth-order valence-corrected chi connectivity index (χ4v) is 1.89. The number of hydrogen-bond acceptors (Lipinski definition) is 2. The van der Waals surface area contributed by atoms with Gasteiger partial charge in [-0.15, -0.1) is 24.0 Å². The lowest BCUT2D eigenvalue weighted by Gasteiger charge is -2.06. The molecule has 128 valence electrons. The summed E-state index contributed by atoms with van der Waals surface area (Å²) in [5.41, 5.74) is 4.73. The van der Waals surface area contributed by atoms with Crippen LogP contribution in [0.4, 0.5) is 13.2 Å². The van der Waals surface area contributed by atoms with Gasteiger partial charge in [0.25, 0.3) is 0 Å². The molecule has 1 aromatic heterocycles. The molecule has 0 aliphatic carbocycles. The zero-order valence-electron chi connectivity index (χ0n) is 12.8. The van der Waals surface area contributed by atoms with E-state index in [0.717, 1.165) is 30.4 Å². The zero-order chi connectivity index (χ0) is 15.9. The van der Waals surface area contributed by atoms with Gasteiger partial charge in [0.1, 0.15) is 0 Å². The predicted molar refractivity (Wildman–Crippen MR) is 91.1 cm³/mol. The van der Waals surface area contributed by atoms with Gasteiger partial charge in [-0.05, 0) is 6.42 Å². The highest BCUT2D eigenvalue weighted by Crippen LogP contribution is 2.30. The first kappa shape index (κ1) is 21.0. The molecular formula is C13H23F3IN5. The molecule has 0 amide bonds. The van der Waals surface area contributed by atoms with Crippen LogP contribution in [0.3, 0.4) is 0 Å². The summed E-state index contributed by atoms with van der Waals surface area (Å²) < 4.78 is 39.3. The van der Waals surface area contributed by atoms with E-state index >= 15 is 0 Å². The van der Waals surface area contributed by atoms with Gasteiger partial charge < -0.3 is 11.1 Å². The van der Waals surface area contributed by atoms with E-state index in [0.29, 0.717) is 6.54 Å². The van der Waals surface area contributed by atoms with Gasteiger partial charge >= 0.3 is 6.18 Å². The van der Waals surface area contributed by atoms with Gasteiger partial charge in [0, 0.05) is 25.4 Å². The number of hydrogen-bond donors (Lipinski definition) is 2. The van der Waals surface area contributed by atoms with E-state index in [4.69, 9.17) is 5.73 Å². The minimum absolute atomic E-state index is 0. The van der Waals surface area contributed by atoms with Crippen LogP contribution in [0.25, 0.3) is 0 Å². The van der Waals surface area contributed by atoms with Crippen molar-refractivity contribution in [3.63, 3.8) is 0 Å². The molecule has 0 saturated heterocycles. The number of nitrogens with zero attached hydrogens (tertiary/aromatic N) is 3. The van der Waals surface area contributed by atoms with Gasteiger partial charge in [-0.3, -0.25) is 4.68 Å². The first-order chi connectivity index (χ1) is 9.84. The molecule has 1 aromatic rings. The number of aliphatic imine (C=N–C) groups is 1. The van der Waals surface area contributed by atoms with E-state index < -0.39 is 11.9 Å². The molecule has 0 saturated carbocycles. The lowest BCUT2D eigenvalue weighted by Crippen LogP contribution is -2.32. The molecule has 3 N–H and O–H groups in total. The molecule has 5 nitrogen and oxygen atoms in total. The summed E-state index contributed by atoms with van der Waals surface area (Å²) in [5, 5.41) is 6.31. The van der Waals surface area contributed by atoms with E-state index in [1.807, 2.05) is 0 Å². The molecule has 1 heterocycles. The Labute approximate surface area is 145 Å². The summed E-state index contributed by atoms with van der Waals surface area (Å²) in [4.78, 5) is 3.93. The summed E-state index contributed by atoms with van der Waals surface area (Å²) in [7, 11) is 1.44. The van der Waals surface area contributed by atoms with E-state index in [-0.39, 0.29) is 42.0 Å². The van der Waals surface area contributed by atoms with Crippen LogP contribution in [-0.4, -0.2) is 22.3 Å². The standard InChI is InChI=1S/C13H22F3N5.HI/c1-3-4-5-6-7-18-12(17)19-8-10-9-21(2)20-11(10)13(14,15)16;/h9H,3-8H2,1-2H3,(H3,17,18,19);1H. The van der Waals surface area contributed by atoms with Crippen molar-refractivity contribution in [2.75, 3.05) is 6.54 Å². The number of halogens is 4. The molecule has 22 heavy (non-hydrogen) atoms. The lowest BCUT2D eigenvalue weighted by molar-refractivity contribution is -0.142. The fraction of sp³-hybridized carbons (Fsp3) is 0.692. The number of alkyl halides is 3. The third-order valence-electron chi connectivity index (χ3n) is 2.93. The predicted octanol–water partition coefficient (Wildman–Crippen LogP) is 3.04.